The summed E-state index contributed by atoms with van der Waals surface area (Å²) in [6.45, 7) is 0. The maximum atomic E-state index is 13.9. The molecule has 0 aliphatic heterocycles. The Balaban J connectivity index is 1.88. The highest BCUT2D eigenvalue weighted by Crippen LogP contribution is 2.46. The van der Waals surface area contributed by atoms with Gasteiger partial charge in [0.05, 0.1) is 19.9 Å². The number of urea groups is 1. The molecule has 2 aromatic carbocycles. The van der Waals surface area contributed by atoms with Crippen molar-refractivity contribution in [2.45, 2.75) is 25.1 Å². The number of methoxy groups -OCH3 is 2. The number of amides is 2. The van der Waals surface area contributed by atoms with Crippen LogP contribution in [0.1, 0.15) is 18.4 Å². The lowest BCUT2D eigenvalue weighted by Crippen LogP contribution is -2.30. The van der Waals surface area contributed by atoms with Crippen LogP contribution in [0.15, 0.2) is 39.5 Å². The van der Waals surface area contributed by atoms with Crippen LogP contribution in [0.3, 0.4) is 0 Å². The molecule has 1 aliphatic rings. The van der Waals surface area contributed by atoms with Gasteiger partial charge in [-0.3, -0.25) is 4.79 Å². The smallest absolute Gasteiger partial charge is 0.423 e. The molecule has 1 aromatic heterocycles. The highest BCUT2D eigenvalue weighted by Gasteiger charge is 2.40. The lowest BCUT2D eigenvalue weighted by atomic mass is 10.0. The summed E-state index contributed by atoms with van der Waals surface area (Å²) in [5, 5.41) is 4.77. The Hall–Kier alpha value is -3.76. The van der Waals surface area contributed by atoms with Crippen LogP contribution in [-0.2, 0) is 6.18 Å². The Morgan fingerprint density at radius 1 is 1.12 bits per heavy atom. The number of anilines is 1. The molecule has 4 rings (SSSR count). The standard InChI is InChI=1S/C22H18F4N2O5/c1-31-17-9-16-18(20(32-2)19(17)22(24,25)26)14(29)8-15(33-16)12-6-3-10(23)7-13(12)28-21(30)27-11-4-5-11/h3,6-9,11H,4-5H2,1-2H3,(H2,27,28,30). The van der Waals surface area contributed by atoms with Crippen molar-refractivity contribution in [3.63, 3.8) is 0 Å². The fourth-order valence-electron chi connectivity index (χ4n) is 3.44. The van der Waals surface area contributed by atoms with Crippen LogP contribution >= 0.6 is 0 Å². The maximum absolute atomic E-state index is 13.9. The molecule has 174 valence electrons. The van der Waals surface area contributed by atoms with Crippen LogP contribution < -0.4 is 25.5 Å². The maximum Gasteiger partial charge on any atom is 0.423 e. The average Bonchev–Trinajstić information content (AvgIpc) is 3.55. The van der Waals surface area contributed by atoms with Gasteiger partial charge in [0.2, 0.25) is 0 Å². The van der Waals surface area contributed by atoms with E-state index in [1.807, 2.05) is 0 Å². The van der Waals surface area contributed by atoms with Crippen molar-refractivity contribution in [1.29, 1.82) is 0 Å². The first-order valence-corrected chi connectivity index (χ1v) is 9.80. The Morgan fingerprint density at radius 2 is 1.85 bits per heavy atom. The topological polar surface area (TPSA) is 89.8 Å². The first-order valence-electron chi connectivity index (χ1n) is 9.80. The molecule has 0 spiro atoms. The van der Waals surface area contributed by atoms with Crippen LogP contribution in [0.5, 0.6) is 11.5 Å². The second kappa shape index (κ2) is 8.30. The van der Waals surface area contributed by atoms with Crippen molar-refractivity contribution < 1.29 is 36.2 Å². The average molecular weight is 466 g/mol. The number of alkyl halides is 3. The number of halogens is 4. The molecule has 0 saturated heterocycles. The quantitative estimate of drug-likeness (QED) is 0.521. The molecular weight excluding hydrogens is 448 g/mol. The predicted octanol–water partition coefficient (Wildman–Crippen LogP) is 4.92. The summed E-state index contributed by atoms with van der Waals surface area (Å²) in [7, 11) is 2.04. The largest absolute Gasteiger partial charge is 0.496 e. The van der Waals surface area contributed by atoms with Crippen LogP contribution in [-0.4, -0.2) is 26.3 Å². The second-order valence-electron chi connectivity index (χ2n) is 7.40. The molecule has 0 bridgehead atoms. The number of hydrogen-bond donors (Lipinski definition) is 2. The highest BCUT2D eigenvalue weighted by atomic mass is 19.4. The summed E-state index contributed by atoms with van der Waals surface area (Å²) in [6.07, 6.45) is -3.18. The van der Waals surface area contributed by atoms with E-state index in [2.05, 4.69) is 10.6 Å². The summed E-state index contributed by atoms with van der Waals surface area (Å²) in [5.41, 5.74) is -2.15. The summed E-state index contributed by atoms with van der Waals surface area (Å²) in [4.78, 5) is 25.0. The van der Waals surface area contributed by atoms with Gasteiger partial charge in [0, 0.05) is 23.7 Å². The van der Waals surface area contributed by atoms with E-state index in [4.69, 9.17) is 13.9 Å². The summed E-state index contributed by atoms with van der Waals surface area (Å²) in [6, 6.07) is 4.78. The molecule has 1 fully saturated rings. The van der Waals surface area contributed by atoms with Gasteiger partial charge in [0.15, 0.2) is 5.43 Å². The van der Waals surface area contributed by atoms with Gasteiger partial charge in [0.1, 0.15) is 39.6 Å². The van der Waals surface area contributed by atoms with Gasteiger partial charge >= 0.3 is 12.2 Å². The van der Waals surface area contributed by atoms with Gasteiger partial charge in [-0.2, -0.15) is 13.2 Å². The number of hydrogen-bond acceptors (Lipinski definition) is 5. The van der Waals surface area contributed by atoms with Crippen LogP contribution in [0.2, 0.25) is 0 Å². The van der Waals surface area contributed by atoms with E-state index in [1.54, 1.807) is 0 Å². The van der Waals surface area contributed by atoms with Gasteiger partial charge in [-0.1, -0.05) is 0 Å². The molecule has 1 aliphatic carbocycles. The number of rotatable bonds is 5. The van der Waals surface area contributed by atoms with E-state index in [9.17, 15) is 27.2 Å². The minimum Gasteiger partial charge on any atom is -0.496 e. The van der Waals surface area contributed by atoms with E-state index in [0.717, 1.165) is 51.3 Å². The van der Waals surface area contributed by atoms with Crippen molar-refractivity contribution in [1.82, 2.24) is 5.32 Å². The number of ether oxygens (including phenoxy) is 2. The van der Waals surface area contributed by atoms with Crippen LogP contribution in [0.25, 0.3) is 22.3 Å². The first kappa shape index (κ1) is 22.4. The minimum absolute atomic E-state index is 0.0153. The third-order valence-corrected chi connectivity index (χ3v) is 5.05. The van der Waals surface area contributed by atoms with Crippen molar-refractivity contribution in [3.8, 4) is 22.8 Å². The van der Waals surface area contributed by atoms with Crippen molar-refractivity contribution in [2.75, 3.05) is 19.5 Å². The molecule has 11 heteroatoms. The molecule has 2 amide bonds. The number of carbonyl (C=O) groups excluding carboxylic acids is 1. The molecule has 0 atom stereocenters. The molecular formula is C22H18F4N2O5. The van der Waals surface area contributed by atoms with E-state index >= 15 is 0 Å². The summed E-state index contributed by atoms with van der Waals surface area (Å²) in [5.74, 6) is -2.09. The summed E-state index contributed by atoms with van der Waals surface area (Å²) >= 11 is 0. The molecule has 2 N–H and O–H groups in total. The van der Waals surface area contributed by atoms with E-state index in [0.29, 0.717) is 0 Å². The molecule has 3 aromatic rings. The SMILES string of the molecule is COc1cc2oc(-c3ccc(F)cc3NC(=O)NC3CC3)cc(=O)c2c(OC)c1C(F)(F)F. The Labute approximate surface area is 184 Å². The van der Waals surface area contributed by atoms with Crippen molar-refractivity contribution in [2.24, 2.45) is 0 Å². The number of fused-ring (bicyclic) bond motifs is 1. The van der Waals surface area contributed by atoms with E-state index in [-0.39, 0.29) is 28.6 Å². The predicted molar refractivity (Wildman–Crippen MR) is 111 cm³/mol. The second-order valence-corrected chi connectivity index (χ2v) is 7.40. The zero-order chi connectivity index (χ0) is 23.9. The van der Waals surface area contributed by atoms with Crippen molar-refractivity contribution >= 4 is 22.7 Å². The Bertz CT molecular complexity index is 1300. The number of carbonyl (C=O) groups is 1. The van der Waals surface area contributed by atoms with Gasteiger partial charge in [0.25, 0.3) is 0 Å². The molecule has 1 heterocycles. The monoisotopic (exact) mass is 466 g/mol. The zero-order valence-corrected chi connectivity index (χ0v) is 17.4. The third kappa shape index (κ3) is 4.43. The lowest BCUT2D eigenvalue weighted by Gasteiger charge is -2.18. The molecule has 33 heavy (non-hydrogen) atoms. The summed E-state index contributed by atoms with van der Waals surface area (Å²) < 4.78 is 70.2. The lowest BCUT2D eigenvalue weighted by molar-refractivity contribution is -0.139. The normalized spacial score (nSPS) is 13.6. The minimum atomic E-state index is -4.86. The zero-order valence-electron chi connectivity index (χ0n) is 17.4. The van der Waals surface area contributed by atoms with Crippen molar-refractivity contribution in [3.05, 3.63) is 51.9 Å². The van der Waals surface area contributed by atoms with E-state index in [1.165, 1.54) is 6.07 Å². The van der Waals surface area contributed by atoms with Gasteiger partial charge in [-0.15, -0.1) is 0 Å². The molecule has 0 radical (unpaired) electrons. The third-order valence-electron chi connectivity index (χ3n) is 5.05. The van der Waals surface area contributed by atoms with Gasteiger partial charge in [-0.05, 0) is 31.0 Å². The Morgan fingerprint density at radius 3 is 2.45 bits per heavy atom. The fraction of sp³-hybridized carbons (Fsp3) is 0.273. The van der Waals surface area contributed by atoms with E-state index < -0.39 is 45.9 Å². The fourth-order valence-corrected chi connectivity index (χ4v) is 3.44. The molecule has 0 unspecified atom stereocenters. The number of benzene rings is 2. The van der Waals surface area contributed by atoms with Crippen LogP contribution in [0.4, 0.5) is 28.0 Å². The van der Waals surface area contributed by atoms with Gasteiger partial charge in [-0.25, -0.2) is 9.18 Å². The first-order chi connectivity index (χ1) is 15.6. The Kier molecular flexibility index (Phi) is 5.64. The molecule has 7 nitrogen and oxygen atoms in total. The number of nitrogens with one attached hydrogen (secondary N) is 2. The van der Waals surface area contributed by atoms with Crippen LogP contribution in [0, 0.1) is 5.82 Å². The highest BCUT2D eigenvalue weighted by molar-refractivity contribution is 5.95. The van der Waals surface area contributed by atoms with Gasteiger partial charge < -0.3 is 24.5 Å². The molecule has 1 saturated carbocycles.